The van der Waals surface area contributed by atoms with Gasteiger partial charge in [0.1, 0.15) is 11.6 Å². The first kappa shape index (κ1) is 23.9. The Hall–Kier alpha value is -2.80. The molecule has 35 heavy (non-hydrogen) atoms. The summed E-state index contributed by atoms with van der Waals surface area (Å²) in [5.74, 6) is 2.05. The van der Waals surface area contributed by atoms with E-state index in [1.54, 1.807) is 13.0 Å². The number of likely N-dealkylation sites (tertiary alicyclic amines) is 1. The third-order valence-electron chi connectivity index (χ3n) is 7.91. The largest absolute Gasteiger partial charge is 0.481 e. The molecule has 1 saturated carbocycles. The minimum absolute atomic E-state index is 0.00312. The van der Waals surface area contributed by atoms with Gasteiger partial charge in [0.05, 0.1) is 0 Å². The molecule has 2 saturated heterocycles. The zero-order valence-corrected chi connectivity index (χ0v) is 21.2. The highest BCUT2D eigenvalue weighted by atomic mass is 35.5. The molecule has 5 rings (SSSR count). The Morgan fingerprint density at radius 2 is 1.80 bits per heavy atom. The number of carbonyl (C=O) groups is 2. The van der Waals surface area contributed by atoms with Crippen LogP contribution in [-0.4, -0.2) is 72.0 Å². The number of aromatic nitrogens is 1. The molecule has 3 fully saturated rings. The van der Waals surface area contributed by atoms with Crippen LogP contribution in [0.1, 0.15) is 31.7 Å². The number of halogens is 1. The molecule has 3 aliphatic rings. The summed E-state index contributed by atoms with van der Waals surface area (Å²) in [5, 5.41) is 0.652. The molecule has 0 radical (unpaired) electrons. The van der Waals surface area contributed by atoms with Gasteiger partial charge in [-0.25, -0.2) is 4.98 Å². The van der Waals surface area contributed by atoms with E-state index >= 15 is 0 Å². The Morgan fingerprint density at radius 3 is 2.46 bits per heavy atom. The summed E-state index contributed by atoms with van der Waals surface area (Å²) < 4.78 is 5.94. The maximum absolute atomic E-state index is 13.2. The molecule has 2 aliphatic heterocycles. The number of piperidine rings is 1. The summed E-state index contributed by atoms with van der Waals surface area (Å²) in [6.45, 7) is 8.20. The Morgan fingerprint density at radius 1 is 1.06 bits per heavy atom. The average molecular weight is 497 g/mol. The molecular formula is C27H33ClN4O3. The lowest BCUT2D eigenvalue weighted by atomic mass is 9.90. The van der Waals surface area contributed by atoms with Gasteiger partial charge in [-0.15, -0.1) is 0 Å². The molecule has 1 aliphatic carbocycles. The van der Waals surface area contributed by atoms with Crippen LogP contribution in [0.2, 0.25) is 5.02 Å². The number of hydrogen-bond donors (Lipinski definition) is 0. The van der Waals surface area contributed by atoms with Crippen molar-refractivity contribution in [2.45, 2.75) is 39.2 Å². The van der Waals surface area contributed by atoms with Gasteiger partial charge in [0, 0.05) is 56.4 Å². The van der Waals surface area contributed by atoms with E-state index in [0.717, 1.165) is 56.8 Å². The molecule has 0 N–H and O–H groups in total. The van der Waals surface area contributed by atoms with Crippen LogP contribution < -0.4 is 9.64 Å². The van der Waals surface area contributed by atoms with Crippen molar-refractivity contribution in [2.24, 2.45) is 11.3 Å². The first-order chi connectivity index (χ1) is 16.9. The van der Waals surface area contributed by atoms with Crippen LogP contribution in [0.5, 0.6) is 5.75 Å². The Labute approximate surface area is 212 Å². The number of aryl methyl sites for hydroxylation is 1. The maximum atomic E-state index is 13.2. The summed E-state index contributed by atoms with van der Waals surface area (Å²) in [6.07, 6.45) is 3.97. The molecular weight excluding hydrogens is 464 g/mol. The number of carbonyl (C=O) groups excluding carboxylic acids is 2. The van der Waals surface area contributed by atoms with Crippen molar-refractivity contribution in [3.05, 3.63) is 53.2 Å². The van der Waals surface area contributed by atoms with Gasteiger partial charge in [-0.05, 0) is 74.4 Å². The number of piperazine rings is 1. The second-order valence-corrected chi connectivity index (χ2v) is 10.6. The molecule has 2 amide bonds. The topological polar surface area (TPSA) is 66.0 Å². The van der Waals surface area contributed by atoms with Crippen LogP contribution in [0.4, 0.5) is 5.82 Å². The predicted octanol–water partition coefficient (Wildman–Crippen LogP) is 3.79. The third kappa shape index (κ3) is 4.96. The van der Waals surface area contributed by atoms with E-state index in [4.69, 9.17) is 16.3 Å². The molecule has 1 aromatic heterocycles. The smallest absolute Gasteiger partial charge is 0.263 e. The van der Waals surface area contributed by atoms with Crippen LogP contribution in [0, 0.1) is 18.3 Å². The van der Waals surface area contributed by atoms with Crippen molar-refractivity contribution < 1.29 is 14.3 Å². The summed E-state index contributed by atoms with van der Waals surface area (Å²) in [5.41, 5.74) is 0.984. The third-order valence-corrected chi connectivity index (χ3v) is 8.15. The fourth-order valence-corrected chi connectivity index (χ4v) is 5.81. The van der Waals surface area contributed by atoms with Gasteiger partial charge in [0.25, 0.3) is 5.91 Å². The van der Waals surface area contributed by atoms with E-state index in [-0.39, 0.29) is 17.2 Å². The summed E-state index contributed by atoms with van der Waals surface area (Å²) in [4.78, 5) is 36.8. The van der Waals surface area contributed by atoms with Crippen molar-refractivity contribution in [3.63, 3.8) is 0 Å². The Kier molecular flexibility index (Phi) is 6.62. The van der Waals surface area contributed by atoms with Crippen molar-refractivity contribution in [1.29, 1.82) is 0 Å². The second-order valence-electron chi connectivity index (χ2n) is 10.1. The number of nitrogens with zero attached hydrogens (tertiary/aromatic N) is 4. The highest BCUT2D eigenvalue weighted by molar-refractivity contribution is 6.30. The van der Waals surface area contributed by atoms with E-state index in [0.29, 0.717) is 29.8 Å². The number of amides is 2. The molecule has 7 nitrogen and oxygen atoms in total. The van der Waals surface area contributed by atoms with E-state index < -0.39 is 6.10 Å². The average Bonchev–Trinajstić information content (AvgIpc) is 3.58. The number of benzene rings is 1. The van der Waals surface area contributed by atoms with Gasteiger partial charge >= 0.3 is 0 Å². The Balaban J connectivity index is 1.10. The lowest BCUT2D eigenvalue weighted by molar-refractivity contribution is -0.140. The predicted molar refractivity (Wildman–Crippen MR) is 136 cm³/mol. The first-order valence-electron chi connectivity index (χ1n) is 12.5. The first-order valence-corrected chi connectivity index (χ1v) is 12.9. The molecule has 186 valence electrons. The number of ether oxygens (including phenoxy) is 1. The SMILES string of the molecule is Cc1cc(Cl)ccc1O[C@@H](C)C(=O)N1CCC2(CC1)C[C@H]2C(=O)N1CCN(c2ccccn2)CC1. The summed E-state index contributed by atoms with van der Waals surface area (Å²) in [6, 6.07) is 11.4. The fraction of sp³-hybridized carbons (Fsp3) is 0.519. The molecule has 0 unspecified atom stereocenters. The number of hydrogen-bond acceptors (Lipinski definition) is 5. The zero-order chi connectivity index (χ0) is 24.6. The standard InChI is InChI=1S/C27H33ClN4O3/c1-19-17-21(28)6-7-23(19)35-20(2)25(33)31-11-8-27(9-12-31)18-22(27)26(34)32-15-13-30(14-16-32)24-5-3-4-10-29-24/h3-7,10,17,20,22H,8-9,11-16,18H2,1-2H3/t20-,22-/m0/s1. The number of rotatable bonds is 5. The summed E-state index contributed by atoms with van der Waals surface area (Å²) >= 11 is 6.02. The quantitative estimate of drug-likeness (QED) is 0.630. The molecule has 2 atom stereocenters. The van der Waals surface area contributed by atoms with Crippen LogP contribution in [0.25, 0.3) is 0 Å². The minimum atomic E-state index is -0.559. The highest BCUT2D eigenvalue weighted by Gasteiger charge is 2.59. The maximum Gasteiger partial charge on any atom is 0.263 e. The van der Waals surface area contributed by atoms with Gasteiger partial charge < -0.3 is 19.4 Å². The monoisotopic (exact) mass is 496 g/mol. The van der Waals surface area contributed by atoms with E-state index in [1.807, 2.05) is 53.3 Å². The molecule has 0 bridgehead atoms. The van der Waals surface area contributed by atoms with E-state index in [9.17, 15) is 9.59 Å². The highest BCUT2D eigenvalue weighted by Crippen LogP contribution is 2.60. The fourth-order valence-electron chi connectivity index (χ4n) is 5.58. The lowest BCUT2D eigenvalue weighted by Gasteiger charge is -2.37. The van der Waals surface area contributed by atoms with Gasteiger partial charge in [0.15, 0.2) is 6.10 Å². The normalized spacial score (nSPS) is 22.1. The van der Waals surface area contributed by atoms with Gasteiger partial charge in [-0.1, -0.05) is 17.7 Å². The number of pyridine rings is 1. The molecule has 3 heterocycles. The lowest BCUT2D eigenvalue weighted by Crippen LogP contribution is -2.50. The van der Waals surface area contributed by atoms with Crippen LogP contribution >= 0.6 is 11.6 Å². The second kappa shape index (κ2) is 9.69. The van der Waals surface area contributed by atoms with Crippen LogP contribution in [0.15, 0.2) is 42.6 Å². The molecule has 8 heteroatoms. The van der Waals surface area contributed by atoms with Crippen molar-refractivity contribution >= 4 is 29.2 Å². The van der Waals surface area contributed by atoms with E-state index in [2.05, 4.69) is 9.88 Å². The van der Waals surface area contributed by atoms with Crippen LogP contribution in [-0.2, 0) is 9.59 Å². The van der Waals surface area contributed by atoms with Crippen molar-refractivity contribution in [1.82, 2.24) is 14.8 Å². The molecule has 1 spiro atoms. The van der Waals surface area contributed by atoms with Gasteiger partial charge in [-0.2, -0.15) is 0 Å². The minimum Gasteiger partial charge on any atom is -0.481 e. The zero-order valence-electron chi connectivity index (χ0n) is 20.5. The van der Waals surface area contributed by atoms with Gasteiger partial charge in [0.2, 0.25) is 5.91 Å². The summed E-state index contributed by atoms with van der Waals surface area (Å²) in [7, 11) is 0. The van der Waals surface area contributed by atoms with Crippen molar-refractivity contribution in [3.8, 4) is 5.75 Å². The van der Waals surface area contributed by atoms with Crippen LogP contribution in [0.3, 0.4) is 0 Å². The van der Waals surface area contributed by atoms with Gasteiger partial charge in [-0.3, -0.25) is 9.59 Å². The number of anilines is 1. The van der Waals surface area contributed by atoms with Crippen molar-refractivity contribution in [2.75, 3.05) is 44.2 Å². The Bertz CT molecular complexity index is 1080. The molecule has 2 aromatic rings. The van der Waals surface area contributed by atoms with E-state index in [1.165, 1.54) is 0 Å². The molecule has 1 aromatic carbocycles.